The lowest BCUT2D eigenvalue weighted by Gasteiger charge is -2.44. The molecular weight excluding hydrogens is 366 g/mol. The van der Waals surface area contributed by atoms with Gasteiger partial charge < -0.3 is 14.6 Å². The van der Waals surface area contributed by atoms with Crippen LogP contribution >= 0.6 is 0 Å². The maximum absolute atomic E-state index is 13.1. The second-order valence-corrected chi connectivity index (χ2v) is 8.58. The fraction of sp³-hybridized carbons (Fsp3) is 0.455. The topological polar surface area (TPSA) is 84.1 Å². The average molecular weight is 391 g/mol. The Morgan fingerprint density at radius 2 is 1.93 bits per heavy atom. The van der Waals surface area contributed by atoms with Crippen molar-refractivity contribution in [2.24, 2.45) is 0 Å². The van der Waals surface area contributed by atoms with Crippen LogP contribution in [0.2, 0.25) is 0 Å². The molecule has 2 unspecified atom stereocenters. The molecule has 7 nitrogen and oxygen atoms in total. The molecule has 3 aromatic rings. The third kappa shape index (κ3) is 3.09. The van der Waals surface area contributed by atoms with Crippen LogP contribution in [0.4, 0.5) is 0 Å². The van der Waals surface area contributed by atoms with Crippen LogP contribution in [0.15, 0.2) is 36.9 Å². The van der Waals surface area contributed by atoms with Gasteiger partial charge in [0.05, 0.1) is 35.8 Å². The number of carbonyl (C=O) groups excluding carboxylic acids is 1. The van der Waals surface area contributed by atoms with Gasteiger partial charge in [0, 0.05) is 35.6 Å². The Bertz CT molecular complexity index is 1060. The Morgan fingerprint density at radius 3 is 2.62 bits per heavy atom. The molecule has 7 heteroatoms. The number of amides is 1. The summed E-state index contributed by atoms with van der Waals surface area (Å²) in [6, 6.07) is 4.20. The van der Waals surface area contributed by atoms with Crippen LogP contribution in [0.25, 0.3) is 10.9 Å². The molecule has 2 aliphatic heterocycles. The monoisotopic (exact) mass is 391 g/mol. The smallest absolute Gasteiger partial charge is 0.274 e. The van der Waals surface area contributed by atoms with Crippen LogP contribution in [-0.2, 0) is 6.54 Å². The van der Waals surface area contributed by atoms with E-state index in [0.29, 0.717) is 25.1 Å². The van der Waals surface area contributed by atoms with Crippen LogP contribution in [0, 0.1) is 13.8 Å². The first-order valence-electron chi connectivity index (χ1n) is 10.2. The van der Waals surface area contributed by atoms with Crippen LogP contribution < -0.4 is 0 Å². The van der Waals surface area contributed by atoms with Gasteiger partial charge in [0.2, 0.25) is 0 Å². The van der Waals surface area contributed by atoms with Crippen molar-refractivity contribution in [3.05, 3.63) is 54.0 Å². The summed E-state index contributed by atoms with van der Waals surface area (Å²) in [5, 5.41) is 12.6. The zero-order valence-electron chi connectivity index (χ0n) is 16.7. The van der Waals surface area contributed by atoms with Gasteiger partial charge >= 0.3 is 0 Å². The van der Waals surface area contributed by atoms with Crippen molar-refractivity contribution < 1.29 is 9.90 Å². The molecule has 0 aromatic carbocycles. The largest absolute Gasteiger partial charge is 0.388 e. The summed E-state index contributed by atoms with van der Waals surface area (Å²) in [6.07, 6.45) is 9.83. The molecule has 29 heavy (non-hydrogen) atoms. The minimum Gasteiger partial charge on any atom is -0.388 e. The molecular formula is C22H25N5O2. The number of aliphatic hydroxyl groups is 1. The van der Waals surface area contributed by atoms with Crippen molar-refractivity contribution in [3.63, 3.8) is 0 Å². The van der Waals surface area contributed by atoms with Gasteiger partial charge in [-0.25, -0.2) is 4.98 Å². The predicted molar refractivity (Wildman–Crippen MR) is 108 cm³/mol. The van der Waals surface area contributed by atoms with E-state index in [9.17, 15) is 9.90 Å². The molecule has 2 bridgehead atoms. The Labute approximate surface area is 169 Å². The van der Waals surface area contributed by atoms with Crippen molar-refractivity contribution in [2.75, 3.05) is 0 Å². The van der Waals surface area contributed by atoms with Crippen LogP contribution in [0.5, 0.6) is 0 Å². The number of nitrogens with zero attached hydrogens (tertiary/aromatic N) is 5. The van der Waals surface area contributed by atoms with Gasteiger partial charge in [0.15, 0.2) is 0 Å². The zero-order valence-corrected chi connectivity index (χ0v) is 16.7. The highest BCUT2D eigenvalue weighted by atomic mass is 16.3. The SMILES string of the molecule is Cc1cnc(C(=O)N2C3CCC2CC(O)(Cn2c(C)cc4ccncc42)C3)cn1. The maximum Gasteiger partial charge on any atom is 0.274 e. The molecule has 0 spiro atoms. The zero-order chi connectivity index (χ0) is 20.2. The molecule has 1 N–H and O–H groups in total. The summed E-state index contributed by atoms with van der Waals surface area (Å²) in [6.45, 7) is 4.44. The first kappa shape index (κ1) is 18.2. The molecule has 1 amide bonds. The van der Waals surface area contributed by atoms with Crippen LogP contribution in [0.3, 0.4) is 0 Å². The van der Waals surface area contributed by atoms with Crippen molar-refractivity contribution >= 4 is 16.8 Å². The number of pyridine rings is 1. The summed E-state index contributed by atoms with van der Waals surface area (Å²) >= 11 is 0. The lowest BCUT2D eigenvalue weighted by atomic mass is 9.85. The summed E-state index contributed by atoms with van der Waals surface area (Å²) in [5.74, 6) is -0.0705. The lowest BCUT2D eigenvalue weighted by Crippen LogP contribution is -2.54. The van der Waals surface area contributed by atoms with Gasteiger partial charge in [-0.05, 0) is 51.7 Å². The van der Waals surface area contributed by atoms with Gasteiger partial charge in [-0.15, -0.1) is 0 Å². The molecule has 2 aliphatic rings. The van der Waals surface area contributed by atoms with Crippen LogP contribution in [-0.4, -0.2) is 53.1 Å². The highest BCUT2D eigenvalue weighted by Gasteiger charge is 2.50. The highest BCUT2D eigenvalue weighted by Crippen LogP contribution is 2.42. The van der Waals surface area contributed by atoms with Gasteiger partial charge in [-0.3, -0.25) is 14.8 Å². The fourth-order valence-electron chi connectivity index (χ4n) is 5.16. The minimum atomic E-state index is -0.839. The summed E-state index contributed by atoms with van der Waals surface area (Å²) in [7, 11) is 0. The lowest BCUT2D eigenvalue weighted by molar-refractivity contribution is -0.0537. The standard InChI is InChI=1S/C22H25N5O2/c1-14-10-25-19(11-24-14)21(28)27-17-3-4-18(27)9-22(29,8-17)13-26-15(2)7-16-5-6-23-12-20(16)26/h5-7,10-12,17-18,29H,3-4,8-9,13H2,1-2H3. The molecule has 2 fully saturated rings. The number of aryl methyl sites for hydroxylation is 2. The first-order valence-corrected chi connectivity index (χ1v) is 10.2. The number of hydrogen-bond donors (Lipinski definition) is 1. The Balaban J connectivity index is 1.39. The molecule has 2 atom stereocenters. The Hall–Kier alpha value is -2.80. The van der Waals surface area contributed by atoms with Gasteiger partial charge in [0.25, 0.3) is 5.91 Å². The minimum absolute atomic E-state index is 0.0367. The van der Waals surface area contributed by atoms with Gasteiger partial charge in [0.1, 0.15) is 5.69 Å². The van der Waals surface area contributed by atoms with Gasteiger partial charge in [-0.2, -0.15) is 0 Å². The molecule has 0 radical (unpaired) electrons. The van der Waals surface area contributed by atoms with E-state index in [-0.39, 0.29) is 18.0 Å². The molecule has 2 saturated heterocycles. The first-order chi connectivity index (χ1) is 13.9. The maximum atomic E-state index is 13.1. The van der Waals surface area contributed by atoms with Crippen LogP contribution in [0.1, 0.15) is 47.6 Å². The molecule has 150 valence electrons. The predicted octanol–water partition coefficient (Wildman–Crippen LogP) is 2.64. The summed E-state index contributed by atoms with van der Waals surface area (Å²) < 4.78 is 2.16. The molecule has 5 rings (SSSR count). The quantitative estimate of drug-likeness (QED) is 0.742. The fourth-order valence-corrected chi connectivity index (χ4v) is 5.16. The Kier molecular flexibility index (Phi) is 4.17. The van der Waals surface area contributed by atoms with Crippen molar-refractivity contribution in [1.82, 2.24) is 24.4 Å². The van der Waals surface area contributed by atoms with E-state index in [4.69, 9.17) is 0 Å². The number of aromatic nitrogens is 4. The number of piperidine rings is 1. The van der Waals surface area contributed by atoms with Crippen molar-refractivity contribution in [3.8, 4) is 0 Å². The third-order valence-electron chi connectivity index (χ3n) is 6.45. The second kappa shape index (κ2) is 6.62. The molecule has 3 aromatic heterocycles. The summed E-state index contributed by atoms with van der Waals surface area (Å²) in [5.41, 5.74) is 2.49. The molecule has 0 saturated carbocycles. The molecule has 5 heterocycles. The third-order valence-corrected chi connectivity index (χ3v) is 6.45. The van der Waals surface area contributed by atoms with Crippen molar-refractivity contribution in [2.45, 2.75) is 63.8 Å². The summed E-state index contributed by atoms with van der Waals surface area (Å²) in [4.78, 5) is 27.7. The van der Waals surface area contributed by atoms with E-state index in [1.54, 1.807) is 18.6 Å². The number of fused-ring (bicyclic) bond motifs is 3. The van der Waals surface area contributed by atoms with E-state index in [1.165, 1.54) is 0 Å². The second-order valence-electron chi connectivity index (χ2n) is 8.58. The molecule has 0 aliphatic carbocycles. The number of rotatable bonds is 3. The average Bonchev–Trinajstić information content (AvgIpc) is 3.16. The van der Waals surface area contributed by atoms with E-state index < -0.39 is 5.60 Å². The van der Waals surface area contributed by atoms with E-state index in [2.05, 4.69) is 32.5 Å². The van der Waals surface area contributed by atoms with E-state index >= 15 is 0 Å². The number of carbonyl (C=O) groups is 1. The van der Waals surface area contributed by atoms with Crippen molar-refractivity contribution in [1.29, 1.82) is 0 Å². The van der Waals surface area contributed by atoms with E-state index in [0.717, 1.165) is 35.1 Å². The normalized spacial score (nSPS) is 26.2. The van der Waals surface area contributed by atoms with Gasteiger partial charge in [-0.1, -0.05) is 0 Å². The van der Waals surface area contributed by atoms with E-state index in [1.807, 2.05) is 24.1 Å². The number of hydrogen-bond acceptors (Lipinski definition) is 5. The highest BCUT2D eigenvalue weighted by molar-refractivity contribution is 5.92. The Morgan fingerprint density at radius 1 is 1.17 bits per heavy atom.